The molecule has 9 heteroatoms. The average Bonchev–Trinajstić information content (AvgIpc) is 2.90. The van der Waals surface area contributed by atoms with E-state index in [1.54, 1.807) is 30.8 Å². The lowest BCUT2D eigenvalue weighted by Gasteiger charge is -2.52. The summed E-state index contributed by atoms with van der Waals surface area (Å²) in [5.41, 5.74) is 1.22. The van der Waals surface area contributed by atoms with E-state index in [0.717, 1.165) is 26.1 Å². The van der Waals surface area contributed by atoms with Gasteiger partial charge < -0.3 is 9.84 Å². The average molecular weight is 543 g/mol. The lowest BCUT2D eigenvalue weighted by molar-refractivity contribution is -0.143. The van der Waals surface area contributed by atoms with E-state index in [0.29, 0.717) is 18.6 Å². The number of hydrogen-bond acceptors (Lipinski definition) is 6. The van der Waals surface area contributed by atoms with Crippen LogP contribution in [0.15, 0.2) is 59.5 Å². The van der Waals surface area contributed by atoms with Gasteiger partial charge in [-0.1, -0.05) is 43.2 Å². The van der Waals surface area contributed by atoms with Crippen LogP contribution in [0.25, 0.3) is 0 Å². The maximum Gasteiger partial charge on any atom is 0.323 e. The number of carboxylic acid groups (broad SMARTS) is 1. The lowest BCUT2D eigenvalue weighted by Crippen LogP contribution is -2.65. The van der Waals surface area contributed by atoms with Gasteiger partial charge in [0, 0.05) is 23.1 Å². The Labute approximate surface area is 224 Å². The van der Waals surface area contributed by atoms with Gasteiger partial charge in [-0.3, -0.25) is 9.69 Å². The van der Waals surface area contributed by atoms with E-state index in [4.69, 9.17) is 4.74 Å². The molecule has 2 heterocycles. The number of nitrogens with zero attached hydrogens (tertiary/aromatic N) is 2. The molecule has 2 aromatic carbocycles. The van der Waals surface area contributed by atoms with Crippen molar-refractivity contribution in [3.05, 3.63) is 60.2 Å². The maximum absolute atomic E-state index is 13.8. The first-order chi connectivity index (χ1) is 17.8. The van der Waals surface area contributed by atoms with Crippen molar-refractivity contribution in [2.24, 2.45) is 0 Å². The number of sulfonamides is 1. The summed E-state index contributed by atoms with van der Waals surface area (Å²) in [5, 5.41) is 10.4. The molecule has 7 nitrogen and oxygen atoms in total. The molecule has 0 amide bonds. The maximum atomic E-state index is 13.8. The predicted molar refractivity (Wildman–Crippen MR) is 146 cm³/mol. The van der Waals surface area contributed by atoms with Gasteiger partial charge in [0.05, 0.1) is 4.90 Å². The Morgan fingerprint density at radius 2 is 1.81 bits per heavy atom. The van der Waals surface area contributed by atoms with E-state index in [9.17, 15) is 18.3 Å². The van der Waals surface area contributed by atoms with Crippen LogP contribution in [0.4, 0.5) is 0 Å². The van der Waals surface area contributed by atoms with Gasteiger partial charge in [-0.25, -0.2) is 8.42 Å². The molecule has 37 heavy (non-hydrogen) atoms. The Bertz CT molecular complexity index is 1230. The molecule has 1 N–H and O–H groups in total. The fraction of sp³-hybridized carbons (Fsp3) is 0.464. The number of thioether (sulfide) groups is 1. The van der Waals surface area contributed by atoms with Crippen molar-refractivity contribution in [3.8, 4) is 17.6 Å². The first-order valence-corrected chi connectivity index (χ1v) is 14.9. The summed E-state index contributed by atoms with van der Waals surface area (Å²) in [7, 11) is -4.04. The Morgan fingerprint density at radius 1 is 1.14 bits per heavy atom. The van der Waals surface area contributed by atoms with Gasteiger partial charge in [0.25, 0.3) is 0 Å². The molecule has 0 saturated carbocycles. The Balaban J connectivity index is 1.58. The summed E-state index contributed by atoms with van der Waals surface area (Å²) >= 11 is 1.68. The standard InChI is InChI=1S/C28H34N2O5S2/c1-3-5-19-35-23-11-13-25(14-12-23)37(33,34)30-21-24(4-2)36-28(26(30)27(31)32)15-17-29(18-16-28)20-22-9-7-6-8-10-22/h6-14,24,26H,4,15-21H2,1-2H3,(H,31,32). The first-order valence-electron chi connectivity index (χ1n) is 12.6. The molecule has 0 bridgehead atoms. The number of benzene rings is 2. The number of carbonyl (C=O) groups is 1. The van der Waals surface area contributed by atoms with Crippen LogP contribution in [-0.4, -0.2) is 71.0 Å². The molecular formula is C28H34N2O5S2. The van der Waals surface area contributed by atoms with E-state index in [2.05, 4.69) is 28.9 Å². The van der Waals surface area contributed by atoms with Crippen LogP contribution < -0.4 is 4.74 Å². The predicted octanol–water partition coefficient (Wildman–Crippen LogP) is 4.09. The number of likely N-dealkylation sites (tertiary alicyclic amines) is 1. The highest BCUT2D eigenvalue weighted by atomic mass is 32.2. The van der Waals surface area contributed by atoms with Gasteiger partial charge in [0.1, 0.15) is 18.4 Å². The molecule has 2 unspecified atom stereocenters. The largest absolute Gasteiger partial charge is 0.481 e. The van der Waals surface area contributed by atoms with Crippen molar-refractivity contribution in [1.82, 2.24) is 9.21 Å². The smallest absolute Gasteiger partial charge is 0.323 e. The topological polar surface area (TPSA) is 87.2 Å². The number of rotatable bonds is 8. The van der Waals surface area contributed by atoms with Gasteiger partial charge in [-0.2, -0.15) is 4.31 Å². The number of piperidine rings is 1. The quantitative estimate of drug-likeness (QED) is 0.503. The molecule has 2 fully saturated rings. The van der Waals surface area contributed by atoms with E-state index >= 15 is 0 Å². The van der Waals surface area contributed by atoms with Crippen LogP contribution in [0.2, 0.25) is 0 Å². The summed E-state index contributed by atoms with van der Waals surface area (Å²) in [6.45, 7) is 6.41. The molecule has 198 valence electrons. The second kappa shape index (κ2) is 11.9. The van der Waals surface area contributed by atoms with E-state index < -0.39 is 26.8 Å². The third kappa shape index (κ3) is 6.15. The van der Waals surface area contributed by atoms with Crippen molar-refractivity contribution in [3.63, 3.8) is 0 Å². The van der Waals surface area contributed by atoms with Gasteiger partial charge >= 0.3 is 5.97 Å². The van der Waals surface area contributed by atoms with Crippen LogP contribution in [0.3, 0.4) is 0 Å². The van der Waals surface area contributed by atoms with E-state index in [1.807, 2.05) is 25.1 Å². The molecule has 4 rings (SSSR count). The van der Waals surface area contributed by atoms with Gasteiger partial charge in [0.2, 0.25) is 10.0 Å². The summed E-state index contributed by atoms with van der Waals surface area (Å²) < 4.78 is 33.8. The van der Waals surface area contributed by atoms with Crippen molar-refractivity contribution in [2.75, 3.05) is 26.2 Å². The van der Waals surface area contributed by atoms with Crippen molar-refractivity contribution >= 4 is 27.8 Å². The molecule has 0 aromatic heterocycles. The van der Waals surface area contributed by atoms with Gasteiger partial charge in [0.15, 0.2) is 0 Å². The van der Waals surface area contributed by atoms with Crippen molar-refractivity contribution in [2.45, 2.75) is 60.6 Å². The van der Waals surface area contributed by atoms with Crippen LogP contribution in [0, 0.1) is 11.8 Å². The van der Waals surface area contributed by atoms with Crippen molar-refractivity contribution < 1.29 is 23.1 Å². The number of ether oxygens (including phenoxy) is 1. The molecule has 0 aliphatic carbocycles. The minimum absolute atomic E-state index is 0.0290. The normalized spacial score (nSPS) is 22.2. The second-order valence-electron chi connectivity index (χ2n) is 9.48. The monoisotopic (exact) mass is 542 g/mol. The highest BCUT2D eigenvalue weighted by Crippen LogP contribution is 2.49. The summed E-state index contributed by atoms with van der Waals surface area (Å²) in [4.78, 5) is 15.1. The minimum Gasteiger partial charge on any atom is -0.481 e. The molecule has 2 aliphatic rings. The molecule has 0 radical (unpaired) electrons. The SMILES string of the molecule is CC#CCOc1ccc(S(=O)(=O)N2CC(CC)SC3(CCN(Cc4ccccc4)CC3)C2C(=O)O)cc1. The lowest BCUT2D eigenvalue weighted by atomic mass is 9.87. The highest BCUT2D eigenvalue weighted by Gasteiger charge is 2.56. The van der Waals surface area contributed by atoms with Crippen LogP contribution in [-0.2, 0) is 21.4 Å². The zero-order valence-electron chi connectivity index (χ0n) is 21.3. The zero-order valence-corrected chi connectivity index (χ0v) is 22.9. The molecule has 2 aliphatic heterocycles. The Kier molecular flexibility index (Phi) is 8.86. The molecular weight excluding hydrogens is 508 g/mol. The third-order valence-corrected chi connectivity index (χ3v) is 10.9. The number of carboxylic acids is 1. The summed E-state index contributed by atoms with van der Waals surface area (Å²) in [6, 6.07) is 15.2. The fourth-order valence-corrected chi connectivity index (χ4v) is 8.86. The highest BCUT2D eigenvalue weighted by molar-refractivity contribution is 8.01. The first kappa shape index (κ1) is 27.5. The molecule has 2 atom stereocenters. The fourth-order valence-electron chi connectivity index (χ4n) is 5.16. The van der Waals surface area contributed by atoms with Crippen LogP contribution >= 0.6 is 11.8 Å². The van der Waals surface area contributed by atoms with Crippen LogP contribution in [0.1, 0.15) is 38.7 Å². The zero-order chi connectivity index (χ0) is 26.5. The van der Waals surface area contributed by atoms with E-state index in [1.165, 1.54) is 22.0 Å². The molecule has 1 spiro atoms. The Hall–Kier alpha value is -2.51. The Morgan fingerprint density at radius 3 is 2.41 bits per heavy atom. The van der Waals surface area contributed by atoms with Crippen molar-refractivity contribution in [1.29, 1.82) is 0 Å². The summed E-state index contributed by atoms with van der Waals surface area (Å²) in [5.74, 6) is 4.98. The van der Waals surface area contributed by atoms with Crippen LogP contribution in [0.5, 0.6) is 5.75 Å². The van der Waals surface area contributed by atoms with Gasteiger partial charge in [-0.05, 0) is 69.1 Å². The van der Waals surface area contributed by atoms with E-state index in [-0.39, 0.29) is 23.3 Å². The molecule has 2 saturated heterocycles. The third-order valence-electron chi connectivity index (χ3n) is 7.13. The number of aliphatic carboxylic acids is 1. The second-order valence-corrected chi connectivity index (χ2v) is 13.1. The minimum atomic E-state index is -4.04. The summed E-state index contributed by atoms with van der Waals surface area (Å²) in [6.07, 6.45) is 2.01. The van der Waals surface area contributed by atoms with Gasteiger partial charge in [-0.15, -0.1) is 17.7 Å². The molecule has 2 aromatic rings. The number of hydrogen-bond donors (Lipinski definition) is 1.